The molecular formula is C12H13F2NO2. The minimum atomic E-state index is -1.17. The fourth-order valence-electron chi connectivity index (χ4n) is 1.70. The molecule has 0 bridgehead atoms. The lowest BCUT2D eigenvalue weighted by molar-refractivity contribution is 0.0594. The second-order valence-electron chi connectivity index (χ2n) is 4.05. The van der Waals surface area contributed by atoms with Crippen LogP contribution in [-0.4, -0.2) is 19.1 Å². The average molecular weight is 241 g/mol. The summed E-state index contributed by atoms with van der Waals surface area (Å²) in [4.78, 5) is 11.1. The molecule has 0 heterocycles. The van der Waals surface area contributed by atoms with Crippen LogP contribution in [0.15, 0.2) is 12.1 Å². The number of rotatable bonds is 3. The summed E-state index contributed by atoms with van der Waals surface area (Å²) >= 11 is 0. The lowest BCUT2D eigenvalue weighted by Gasteiger charge is -2.27. The maximum Gasteiger partial charge on any atom is 0.340 e. The van der Waals surface area contributed by atoms with E-state index < -0.39 is 17.6 Å². The van der Waals surface area contributed by atoms with Gasteiger partial charge in [-0.3, -0.25) is 0 Å². The number of methoxy groups -OCH3 is 1. The standard InChI is InChI=1S/C12H13F2NO2/c1-17-12(16)8-5-6-9(11(14)10(8)13)15-7-3-2-4-7/h5-7,15H,2-4H2,1H3. The first-order chi connectivity index (χ1) is 8.13. The van der Waals surface area contributed by atoms with Crippen LogP contribution in [0.2, 0.25) is 0 Å². The largest absolute Gasteiger partial charge is 0.465 e. The first-order valence-electron chi connectivity index (χ1n) is 5.46. The molecule has 0 amide bonds. The Bertz CT molecular complexity index is 444. The number of nitrogens with one attached hydrogen (secondary N) is 1. The van der Waals surface area contributed by atoms with Gasteiger partial charge in [0, 0.05) is 6.04 Å². The van der Waals surface area contributed by atoms with Crippen LogP contribution in [0.3, 0.4) is 0 Å². The van der Waals surface area contributed by atoms with E-state index in [1.165, 1.54) is 12.1 Å². The van der Waals surface area contributed by atoms with Gasteiger partial charge in [-0.05, 0) is 31.4 Å². The van der Waals surface area contributed by atoms with Crippen molar-refractivity contribution in [2.24, 2.45) is 0 Å². The van der Waals surface area contributed by atoms with Gasteiger partial charge in [-0.15, -0.1) is 0 Å². The van der Waals surface area contributed by atoms with Crippen LogP contribution in [0.4, 0.5) is 14.5 Å². The van der Waals surface area contributed by atoms with E-state index in [9.17, 15) is 13.6 Å². The maximum atomic E-state index is 13.6. The monoisotopic (exact) mass is 241 g/mol. The number of hydrogen-bond donors (Lipinski definition) is 1. The van der Waals surface area contributed by atoms with E-state index >= 15 is 0 Å². The Balaban J connectivity index is 2.24. The molecule has 2 rings (SSSR count). The quantitative estimate of drug-likeness (QED) is 0.827. The highest BCUT2D eigenvalue weighted by atomic mass is 19.2. The summed E-state index contributed by atoms with van der Waals surface area (Å²) in [5.41, 5.74) is -0.288. The third kappa shape index (κ3) is 2.23. The highest BCUT2D eigenvalue weighted by Crippen LogP contribution is 2.27. The number of ether oxygens (including phenoxy) is 1. The predicted octanol–water partition coefficient (Wildman–Crippen LogP) is 2.72. The summed E-state index contributed by atoms with van der Waals surface area (Å²) in [5.74, 6) is -3.07. The number of carbonyl (C=O) groups excluding carboxylic acids is 1. The van der Waals surface area contributed by atoms with E-state index in [0.717, 1.165) is 26.4 Å². The van der Waals surface area contributed by atoms with Crippen LogP contribution >= 0.6 is 0 Å². The number of benzene rings is 1. The smallest absolute Gasteiger partial charge is 0.340 e. The van der Waals surface area contributed by atoms with Gasteiger partial charge in [0.25, 0.3) is 0 Å². The van der Waals surface area contributed by atoms with Gasteiger partial charge in [0.1, 0.15) is 0 Å². The fraction of sp³-hybridized carbons (Fsp3) is 0.417. The van der Waals surface area contributed by atoms with Crippen molar-refractivity contribution in [1.82, 2.24) is 0 Å². The third-order valence-electron chi connectivity index (χ3n) is 2.95. The molecular weight excluding hydrogens is 228 g/mol. The molecule has 0 spiro atoms. The number of hydrogen-bond acceptors (Lipinski definition) is 3. The summed E-state index contributed by atoms with van der Waals surface area (Å²) in [6, 6.07) is 2.79. The summed E-state index contributed by atoms with van der Waals surface area (Å²) < 4.78 is 31.5. The zero-order valence-corrected chi connectivity index (χ0v) is 9.43. The molecule has 0 saturated heterocycles. The number of anilines is 1. The molecule has 1 aliphatic rings. The van der Waals surface area contributed by atoms with Crippen molar-refractivity contribution in [1.29, 1.82) is 0 Å². The van der Waals surface area contributed by atoms with Crippen molar-refractivity contribution < 1.29 is 18.3 Å². The molecule has 17 heavy (non-hydrogen) atoms. The average Bonchev–Trinajstić information content (AvgIpc) is 2.28. The van der Waals surface area contributed by atoms with Gasteiger partial charge in [0.05, 0.1) is 18.4 Å². The van der Waals surface area contributed by atoms with E-state index in [-0.39, 0.29) is 17.3 Å². The lowest BCUT2D eigenvalue weighted by atomic mass is 9.93. The van der Waals surface area contributed by atoms with E-state index in [0.29, 0.717) is 0 Å². The lowest BCUT2D eigenvalue weighted by Crippen LogP contribution is -2.27. The van der Waals surface area contributed by atoms with Crippen molar-refractivity contribution >= 4 is 11.7 Å². The third-order valence-corrected chi connectivity index (χ3v) is 2.95. The van der Waals surface area contributed by atoms with Gasteiger partial charge in [-0.2, -0.15) is 0 Å². The summed E-state index contributed by atoms with van der Waals surface area (Å²) in [5, 5.41) is 2.90. The second-order valence-corrected chi connectivity index (χ2v) is 4.05. The molecule has 1 saturated carbocycles. The number of carbonyl (C=O) groups is 1. The Hall–Kier alpha value is -1.65. The highest BCUT2D eigenvalue weighted by molar-refractivity contribution is 5.90. The minimum Gasteiger partial charge on any atom is -0.465 e. The molecule has 1 fully saturated rings. The second kappa shape index (κ2) is 4.69. The Labute approximate surface area is 97.8 Å². The van der Waals surface area contributed by atoms with Crippen LogP contribution in [-0.2, 0) is 4.74 Å². The van der Waals surface area contributed by atoms with Crippen molar-refractivity contribution in [3.8, 4) is 0 Å². The van der Waals surface area contributed by atoms with E-state index in [1.807, 2.05) is 0 Å². The van der Waals surface area contributed by atoms with Crippen LogP contribution in [0.5, 0.6) is 0 Å². The first-order valence-corrected chi connectivity index (χ1v) is 5.46. The highest BCUT2D eigenvalue weighted by Gasteiger charge is 2.22. The Morgan fingerprint density at radius 2 is 2.06 bits per heavy atom. The van der Waals surface area contributed by atoms with Crippen LogP contribution in [0, 0.1) is 11.6 Å². The van der Waals surface area contributed by atoms with Crippen molar-refractivity contribution in [2.75, 3.05) is 12.4 Å². The van der Waals surface area contributed by atoms with Crippen LogP contribution < -0.4 is 5.32 Å². The Morgan fingerprint density at radius 1 is 1.35 bits per heavy atom. The van der Waals surface area contributed by atoms with Gasteiger partial charge in [0.15, 0.2) is 11.6 Å². The maximum absolute atomic E-state index is 13.6. The SMILES string of the molecule is COC(=O)c1ccc(NC2CCC2)c(F)c1F. The fourth-order valence-corrected chi connectivity index (χ4v) is 1.70. The van der Waals surface area contributed by atoms with Crippen molar-refractivity contribution in [2.45, 2.75) is 25.3 Å². The van der Waals surface area contributed by atoms with Crippen LogP contribution in [0.1, 0.15) is 29.6 Å². The zero-order chi connectivity index (χ0) is 12.4. The molecule has 92 valence electrons. The zero-order valence-electron chi connectivity index (χ0n) is 9.43. The van der Waals surface area contributed by atoms with Crippen LogP contribution in [0.25, 0.3) is 0 Å². The minimum absolute atomic E-state index is 0.0971. The molecule has 0 unspecified atom stereocenters. The summed E-state index contributed by atoms with van der Waals surface area (Å²) in [6.45, 7) is 0. The molecule has 1 aromatic rings. The Kier molecular flexibility index (Phi) is 3.26. The summed E-state index contributed by atoms with van der Waals surface area (Å²) in [6.07, 6.45) is 3.02. The van der Waals surface area contributed by atoms with Crippen molar-refractivity contribution in [3.63, 3.8) is 0 Å². The summed E-state index contributed by atoms with van der Waals surface area (Å²) in [7, 11) is 1.13. The number of esters is 1. The molecule has 5 heteroatoms. The van der Waals surface area contributed by atoms with Gasteiger partial charge in [0.2, 0.25) is 0 Å². The van der Waals surface area contributed by atoms with E-state index in [2.05, 4.69) is 10.1 Å². The topological polar surface area (TPSA) is 38.3 Å². The molecule has 3 nitrogen and oxygen atoms in total. The predicted molar refractivity (Wildman–Crippen MR) is 59.0 cm³/mol. The normalized spacial score (nSPS) is 15.2. The Morgan fingerprint density at radius 3 is 2.59 bits per heavy atom. The molecule has 0 aliphatic heterocycles. The van der Waals surface area contributed by atoms with Crippen molar-refractivity contribution in [3.05, 3.63) is 29.3 Å². The van der Waals surface area contributed by atoms with E-state index in [1.54, 1.807) is 0 Å². The molecule has 0 atom stereocenters. The van der Waals surface area contributed by atoms with Gasteiger partial charge in [-0.25, -0.2) is 13.6 Å². The molecule has 1 N–H and O–H groups in total. The molecule has 0 aromatic heterocycles. The number of halogens is 2. The van der Waals surface area contributed by atoms with Gasteiger partial charge in [-0.1, -0.05) is 0 Å². The van der Waals surface area contributed by atoms with Gasteiger partial charge >= 0.3 is 5.97 Å². The first kappa shape index (κ1) is 11.8. The molecule has 1 aromatic carbocycles. The van der Waals surface area contributed by atoms with Gasteiger partial charge < -0.3 is 10.1 Å². The molecule has 0 radical (unpaired) electrons. The molecule has 1 aliphatic carbocycles. The van der Waals surface area contributed by atoms with E-state index in [4.69, 9.17) is 0 Å².